The fourth-order valence-corrected chi connectivity index (χ4v) is 4.07. The van der Waals surface area contributed by atoms with Gasteiger partial charge in [0, 0.05) is 29.1 Å². The molecular formula is C24H21N5O3S. The van der Waals surface area contributed by atoms with Gasteiger partial charge in [0.05, 0.1) is 10.7 Å². The molecule has 3 aromatic carbocycles. The molecule has 8 nitrogen and oxygen atoms in total. The minimum atomic E-state index is -0.444. The standard InChI is InChI=1S/C24H21N5O3S/c1-16-8-6-13-21(17(16)2)25-22(30)15-33-24-27-26-23(28(24)19-10-4-3-5-11-19)18-9-7-12-20(14-18)29(31)32/h3-14H,15H2,1-2H3,(H,25,30). The van der Waals surface area contributed by atoms with Crippen molar-refractivity contribution in [1.29, 1.82) is 0 Å². The Labute approximate surface area is 194 Å². The molecule has 0 bridgehead atoms. The van der Waals surface area contributed by atoms with Crippen molar-refractivity contribution in [3.63, 3.8) is 0 Å². The SMILES string of the molecule is Cc1cccc(NC(=O)CSc2nnc(-c3cccc([N+](=O)[O-])c3)n2-c2ccccc2)c1C. The van der Waals surface area contributed by atoms with E-state index in [0.717, 1.165) is 22.5 Å². The minimum absolute atomic E-state index is 0.0304. The van der Waals surface area contributed by atoms with Crippen LogP contribution in [0.2, 0.25) is 0 Å². The molecular weight excluding hydrogens is 438 g/mol. The number of aromatic nitrogens is 3. The molecule has 1 N–H and O–H groups in total. The van der Waals surface area contributed by atoms with Crippen LogP contribution in [-0.4, -0.2) is 31.3 Å². The van der Waals surface area contributed by atoms with Crippen LogP contribution in [0, 0.1) is 24.0 Å². The molecule has 1 heterocycles. The third-order valence-corrected chi connectivity index (χ3v) is 6.10. The molecule has 1 aromatic heterocycles. The fourth-order valence-electron chi connectivity index (χ4n) is 3.32. The van der Waals surface area contributed by atoms with E-state index >= 15 is 0 Å². The lowest BCUT2D eigenvalue weighted by atomic mass is 10.1. The summed E-state index contributed by atoms with van der Waals surface area (Å²) >= 11 is 1.25. The Morgan fingerprint density at radius 1 is 1.03 bits per heavy atom. The number of hydrogen-bond acceptors (Lipinski definition) is 6. The predicted molar refractivity (Wildman–Crippen MR) is 129 cm³/mol. The van der Waals surface area contributed by atoms with Crippen molar-refractivity contribution in [2.75, 3.05) is 11.1 Å². The lowest BCUT2D eigenvalue weighted by Gasteiger charge is -2.12. The zero-order chi connectivity index (χ0) is 23.4. The lowest BCUT2D eigenvalue weighted by Crippen LogP contribution is -2.15. The van der Waals surface area contributed by atoms with E-state index in [0.29, 0.717) is 16.5 Å². The summed E-state index contributed by atoms with van der Waals surface area (Å²) in [6.45, 7) is 3.97. The molecule has 166 valence electrons. The number of para-hydroxylation sites is 1. The van der Waals surface area contributed by atoms with Crippen molar-refractivity contribution in [2.24, 2.45) is 0 Å². The Balaban J connectivity index is 1.62. The van der Waals surface area contributed by atoms with E-state index in [1.165, 1.54) is 23.9 Å². The molecule has 0 aliphatic heterocycles. The maximum Gasteiger partial charge on any atom is 0.270 e. The van der Waals surface area contributed by atoms with E-state index in [4.69, 9.17) is 0 Å². The number of anilines is 1. The van der Waals surface area contributed by atoms with E-state index < -0.39 is 4.92 Å². The van der Waals surface area contributed by atoms with Crippen LogP contribution >= 0.6 is 11.8 Å². The summed E-state index contributed by atoms with van der Waals surface area (Å²) in [5.74, 6) is 0.434. The summed E-state index contributed by atoms with van der Waals surface area (Å²) in [7, 11) is 0. The van der Waals surface area contributed by atoms with E-state index in [1.54, 1.807) is 16.7 Å². The number of nitro benzene ring substituents is 1. The molecule has 9 heteroatoms. The first-order chi connectivity index (χ1) is 15.9. The minimum Gasteiger partial charge on any atom is -0.325 e. The number of nitro groups is 1. The molecule has 0 unspecified atom stereocenters. The number of aryl methyl sites for hydroxylation is 1. The molecule has 4 aromatic rings. The highest BCUT2D eigenvalue weighted by atomic mass is 32.2. The van der Waals surface area contributed by atoms with Crippen molar-refractivity contribution in [1.82, 2.24) is 14.8 Å². The van der Waals surface area contributed by atoms with Gasteiger partial charge in [0.2, 0.25) is 5.91 Å². The summed E-state index contributed by atoms with van der Waals surface area (Å²) in [5, 5.41) is 23.3. The van der Waals surface area contributed by atoms with Crippen LogP contribution in [0.15, 0.2) is 78.0 Å². The van der Waals surface area contributed by atoms with Crippen molar-refractivity contribution < 1.29 is 9.72 Å². The number of non-ortho nitro benzene ring substituents is 1. The number of carbonyl (C=O) groups excluding carboxylic acids is 1. The predicted octanol–water partition coefficient (Wildman–Crippen LogP) is 5.19. The first-order valence-corrected chi connectivity index (χ1v) is 11.2. The summed E-state index contributed by atoms with van der Waals surface area (Å²) in [5.41, 5.74) is 4.23. The second kappa shape index (κ2) is 9.66. The highest BCUT2D eigenvalue weighted by Gasteiger charge is 2.19. The van der Waals surface area contributed by atoms with E-state index in [2.05, 4.69) is 15.5 Å². The number of rotatable bonds is 7. The quantitative estimate of drug-likeness (QED) is 0.232. The summed E-state index contributed by atoms with van der Waals surface area (Å²) in [4.78, 5) is 23.4. The molecule has 0 fully saturated rings. The summed E-state index contributed by atoms with van der Waals surface area (Å²) in [6.07, 6.45) is 0. The van der Waals surface area contributed by atoms with E-state index in [1.807, 2.05) is 62.4 Å². The van der Waals surface area contributed by atoms with Gasteiger partial charge in [-0.15, -0.1) is 10.2 Å². The summed E-state index contributed by atoms with van der Waals surface area (Å²) in [6, 6.07) is 21.5. The number of benzene rings is 3. The van der Waals surface area contributed by atoms with E-state index in [9.17, 15) is 14.9 Å². The van der Waals surface area contributed by atoms with Gasteiger partial charge in [-0.25, -0.2) is 0 Å². The zero-order valence-corrected chi connectivity index (χ0v) is 18.9. The van der Waals surface area contributed by atoms with Gasteiger partial charge in [-0.2, -0.15) is 0 Å². The third kappa shape index (κ3) is 4.93. The second-order valence-corrected chi connectivity index (χ2v) is 8.31. The number of thioether (sulfide) groups is 1. The van der Waals surface area contributed by atoms with Crippen LogP contribution in [0.3, 0.4) is 0 Å². The molecule has 0 radical (unpaired) electrons. The van der Waals surface area contributed by atoms with Crippen LogP contribution in [0.4, 0.5) is 11.4 Å². The van der Waals surface area contributed by atoms with Crippen LogP contribution < -0.4 is 5.32 Å². The largest absolute Gasteiger partial charge is 0.325 e. The topological polar surface area (TPSA) is 103 Å². The molecule has 0 aliphatic rings. The van der Waals surface area contributed by atoms with Gasteiger partial charge in [0.1, 0.15) is 0 Å². The van der Waals surface area contributed by atoms with Gasteiger partial charge >= 0.3 is 0 Å². The van der Waals surface area contributed by atoms with Crippen molar-refractivity contribution in [3.8, 4) is 17.1 Å². The normalized spacial score (nSPS) is 10.7. The smallest absolute Gasteiger partial charge is 0.270 e. The first kappa shape index (κ1) is 22.2. The van der Waals surface area contributed by atoms with Crippen LogP contribution in [-0.2, 0) is 4.79 Å². The first-order valence-electron chi connectivity index (χ1n) is 10.2. The monoisotopic (exact) mass is 459 g/mol. The average molecular weight is 460 g/mol. The van der Waals surface area contributed by atoms with Gasteiger partial charge < -0.3 is 5.32 Å². The van der Waals surface area contributed by atoms with Crippen molar-refractivity contribution in [3.05, 3.63) is 94.0 Å². The number of amides is 1. The van der Waals surface area contributed by atoms with Gasteiger partial charge in [0.15, 0.2) is 11.0 Å². The Bertz CT molecular complexity index is 1320. The third-order valence-electron chi connectivity index (χ3n) is 5.17. The average Bonchev–Trinajstić information content (AvgIpc) is 3.25. The molecule has 0 atom stereocenters. The Kier molecular flexibility index (Phi) is 6.50. The highest BCUT2D eigenvalue weighted by molar-refractivity contribution is 7.99. The maximum atomic E-state index is 12.6. The van der Waals surface area contributed by atoms with Gasteiger partial charge in [-0.1, -0.05) is 54.2 Å². The van der Waals surface area contributed by atoms with Crippen LogP contribution in [0.1, 0.15) is 11.1 Å². The van der Waals surface area contributed by atoms with Crippen molar-refractivity contribution in [2.45, 2.75) is 19.0 Å². The second-order valence-electron chi connectivity index (χ2n) is 7.37. The van der Waals surface area contributed by atoms with Crippen LogP contribution in [0.5, 0.6) is 0 Å². The number of hydrogen-bond donors (Lipinski definition) is 1. The van der Waals surface area contributed by atoms with Crippen LogP contribution in [0.25, 0.3) is 17.1 Å². The fraction of sp³-hybridized carbons (Fsp3) is 0.125. The molecule has 0 spiro atoms. The molecule has 0 saturated carbocycles. The number of nitrogens with one attached hydrogen (secondary N) is 1. The maximum absolute atomic E-state index is 12.6. The Hall–Kier alpha value is -3.98. The number of nitrogens with zero attached hydrogens (tertiary/aromatic N) is 4. The van der Waals surface area contributed by atoms with E-state index in [-0.39, 0.29) is 17.3 Å². The molecule has 4 rings (SSSR count). The Morgan fingerprint density at radius 3 is 2.55 bits per heavy atom. The number of carbonyl (C=O) groups is 1. The molecule has 33 heavy (non-hydrogen) atoms. The molecule has 0 saturated heterocycles. The highest BCUT2D eigenvalue weighted by Crippen LogP contribution is 2.30. The van der Waals surface area contributed by atoms with Gasteiger partial charge in [0.25, 0.3) is 5.69 Å². The molecule has 1 amide bonds. The lowest BCUT2D eigenvalue weighted by molar-refractivity contribution is -0.384. The van der Waals surface area contributed by atoms with Crippen molar-refractivity contribution >= 4 is 29.0 Å². The Morgan fingerprint density at radius 2 is 1.79 bits per heavy atom. The van der Waals surface area contributed by atoms with Gasteiger partial charge in [-0.3, -0.25) is 19.5 Å². The van der Waals surface area contributed by atoms with Gasteiger partial charge in [-0.05, 0) is 43.2 Å². The molecule has 0 aliphatic carbocycles. The summed E-state index contributed by atoms with van der Waals surface area (Å²) < 4.78 is 1.80. The zero-order valence-electron chi connectivity index (χ0n) is 18.1.